The van der Waals surface area contributed by atoms with E-state index in [9.17, 15) is 9.59 Å². The minimum atomic E-state index is -0.321. The molecule has 2 aliphatic heterocycles. The van der Waals surface area contributed by atoms with Gasteiger partial charge in [0.15, 0.2) is 0 Å². The van der Waals surface area contributed by atoms with Gasteiger partial charge in [0.25, 0.3) is 0 Å². The molecule has 0 spiro atoms. The first-order valence-corrected chi connectivity index (χ1v) is 7.68. The van der Waals surface area contributed by atoms with E-state index in [1.165, 1.54) is 6.92 Å². The summed E-state index contributed by atoms with van der Waals surface area (Å²) >= 11 is 0. The average Bonchev–Trinajstić information content (AvgIpc) is 2.86. The lowest BCUT2D eigenvalue weighted by Gasteiger charge is -2.38. The first-order valence-electron chi connectivity index (χ1n) is 7.68. The number of hydrogen-bond donors (Lipinski definition) is 2. The summed E-state index contributed by atoms with van der Waals surface area (Å²) in [6.45, 7) is 9.08. The van der Waals surface area contributed by atoms with Gasteiger partial charge in [0.2, 0.25) is 11.8 Å². The molecule has 2 unspecified atom stereocenters. The van der Waals surface area contributed by atoms with Crippen LogP contribution in [0.25, 0.3) is 0 Å². The molecular weight excluding hydrogens is 254 g/mol. The van der Waals surface area contributed by atoms with E-state index in [1.54, 1.807) is 0 Å². The minimum Gasteiger partial charge on any atom is -0.352 e. The summed E-state index contributed by atoms with van der Waals surface area (Å²) < 4.78 is 0. The zero-order chi connectivity index (χ0) is 14.8. The Morgan fingerprint density at radius 3 is 2.65 bits per heavy atom. The summed E-state index contributed by atoms with van der Waals surface area (Å²) in [6, 6.07) is 0.122. The first-order chi connectivity index (χ1) is 9.41. The van der Waals surface area contributed by atoms with Crippen molar-refractivity contribution in [1.29, 1.82) is 0 Å². The molecule has 2 amide bonds. The predicted molar refractivity (Wildman–Crippen MR) is 78.2 cm³/mol. The number of rotatable bonds is 3. The van der Waals surface area contributed by atoms with Gasteiger partial charge in [-0.2, -0.15) is 0 Å². The van der Waals surface area contributed by atoms with Gasteiger partial charge in [-0.15, -0.1) is 0 Å². The summed E-state index contributed by atoms with van der Waals surface area (Å²) in [6.07, 6.45) is 3.13. The van der Waals surface area contributed by atoms with Crippen LogP contribution in [0.4, 0.5) is 0 Å². The van der Waals surface area contributed by atoms with Gasteiger partial charge in [0.05, 0.1) is 0 Å². The van der Waals surface area contributed by atoms with Crippen LogP contribution < -0.4 is 10.6 Å². The van der Waals surface area contributed by atoms with E-state index in [1.807, 2.05) is 4.90 Å². The third kappa shape index (κ3) is 3.32. The second kappa shape index (κ2) is 6.12. The largest absolute Gasteiger partial charge is 0.352 e. The van der Waals surface area contributed by atoms with Crippen LogP contribution in [0.3, 0.4) is 0 Å². The second-order valence-electron chi connectivity index (χ2n) is 6.70. The molecule has 20 heavy (non-hydrogen) atoms. The lowest BCUT2D eigenvalue weighted by molar-refractivity contribution is -0.142. The topological polar surface area (TPSA) is 61.4 Å². The number of amides is 2. The normalized spacial score (nSPS) is 27.4. The second-order valence-corrected chi connectivity index (χ2v) is 6.70. The highest BCUT2D eigenvalue weighted by Crippen LogP contribution is 2.34. The molecule has 0 aromatic carbocycles. The van der Waals surface area contributed by atoms with E-state index in [-0.39, 0.29) is 23.3 Å². The molecule has 2 N–H and O–H groups in total. The molecule has 114 valence electrons. The van der Waals surface area contributed by atoms with Gasteiger partial charge in [0, 0.05) is 31.5 Å². The molecule has 0 aromatic heterocycles. The van der Waals surface area contributed by atoms with Gasteiger partial charge >= 0.3 is 0 Å². The van der Waals surface area contributed by atoms with Crippen LogP contribution in [0.5, 0.6) is 0 Å². The molecule has 5 nitrogen and oxygen atoms in total. The Morgan fingerprint density at radius 1 is 1.30 bits per heavy atom. The van der Waals surface area contributed by atoms with Crippen LogP contribution >= 0.6 is 0 Å². The van der Waals surface area contributed by atoms with Gasteiger partial charge < -0.3 is 15.5 Å². The summed E-state index contributed by atoms with van der Waals surface area (Å²) in [5, 5.41) is 6.31. The number of hydrogen-bond acceptors (Lipinski definition) is 3. The quantitative estimate of drug-likeness (QED) is 0.802. The highest BCUT2D eigenvalue weighted by molar-refractivity contribution is 5.83. The molecule has 0 radical (unpaired) electrons. The fourth-order valence-corrected chi connectivity index (χ4v) is 3.40. The Morgan fingerprint density at radius 2 is 2.05 bits per heavy atom. The van der Waals surface area contributed by atoms with Gasteiger partial charge in [-0.1, -0.05) is 13.8 Å². The Balaban J connectivity index is 1.94. The molecule has 5 heteroatoms. The predicted octanol–water partition coefficient (Wildman–Crippen LogP) is 0.749. The summed E-state index contributed by atoms with van der Waals surface area (Å²) in [7, 11) is 0. The Bertz CT molecular complexity index is 375. The molecule has 0 saturated carbocycles. The molecule has 2 atom stereocenters. The maximum Gasteiger partial charge on any atom is 0.228 e. The molecule has 0 bridgehead atoms. The fraction of sp³-hybridized carbons (Fsp3) is 0.867. The van der Waals surface area contributed by atoms with E-state index in [2.05, 4.69) is 24.5 Å². The fourth-order valence-electron chi connectivity index (χ4n) is 3.40. The monoisotopic (exact) mass is 281 g/mol. The molecule has 2 rings (SSSR count). The molecule has 2 saturated heterocycles. The lowest BCUT2D eigenvalue weighted by Crippen LogP contribution is -2.49. The van der Waals surface area contributed by atoms with Crippen LogP contribution in [0.1, 0.15) is 40.0 Å². The molecule has 2 aliphatic rings. The van der Waals surface area contributed by atoms with Crippen LogP contribution in [0, 0.1) is 11.3 Å². The van der Waals surface area contributed by atoms with Crippen molar-refractivity contribution in [1.82, 2.24) is 15.5 Å². The van der Waals surface area contributed by atoms with E-state index in [4.69, 9.17) is 0 Å². The Kier molecular flexibility index (Phi) is 4.68. The van der Waals surface area contributed by atoms with Crippen LogP contribution in [-0.4, -0.2) is 48.9 Å². The number of nitrogens with zero attached hydrogens (tertiary/aromatic N) is 1. The van der Waals surface area contributed by atoms with Crippen molar-refractivity contribution in [2.24, 2.45) is 11.3 Å². The van der Waals surface area contributed by atoms with Crippen LogP contribution in [0.15, 0.2) is 0 Å². The Labute approximate surface area is 121 Å². The highest BCUT2D eigenvalue weighted by atomic mass is 16.2. The van der Waals surface area contributed by atoms with Crippen molar-refractivity contribution in [3.05, 3.63) is 0 Å². The average molecular weight is 281 g/mol. The molecule has 2 fully saturated rings. The van der Waals surface area contributed by atoms with Gasteiger partial charge in [0.1, 0.15) is 0 Å². The van der Waals surface area contributed by atoms with E-state index in [0.29, 0.717) is 12.5 Å². The Hall–Kier alpha value is -1.10. The molecule has 0 aliphatic carbocycles. The van der Waals surface area contributed by atoms with Crippen molar-refractivity contribution >= 4 is 11.8 Å². The summed E-state index contributed by atoms with van der Waals surface area (Å²) in [5.74, 6) is 0.627. The third-order valence-electron chi connectivity index (χ3n) is 4.75. The first kappa shape index (κ1) is 15.3. The standard InChI is InChI=1S/C15H27N3O2/c1-11(19)17-13-6-8-18(10-13)14(20)15(2,3)12-5-4-7-16-9-12/h12-13,16H,4-10H2,1-3H3,(H,17,19). The molecule has 0 aromatic rings. The smallest absolute Gasteiger partial charge is 0.228 e. The summed E-state index contributed by atoms with van der Waals surface area (Å²) in [4.78, 5) is 25.8. The zero-order valence-corrected chi connectivity index (χ0v) is 12.9. The number of nitrogens with one attached hydrogen (secondary N) is 2. The van der Waals surface area contributed by atoms with Gasteiger partial charge in [-0.25, -0.2) is 0 Å². The van der Waals surface area contributed by atoms with E-state index >= 15 is 0 Å². The van der Waals surface area contributed by atoms with E-state index in [0.717, 1.165) is 38.9 Å². The number of carbonyl (C=O) groups is 2. The van der Waals surface area contributed by atoms with Crippen molar-refractivity contribution in [2.75, 3.05) is 26.2 Å². The highest BCUT2D eigenvalue weighted by Gasteiger charge is 2.41. The zero-order valence-electron chi connectivity index (χ0n) is 12.9. The van der Waals surface area contributed by atoms with Crippen molar-refractivity contribution in [3.8, 4) is 0 Å². The minimum absolute atomic E-state index is 0.0139. The molecule has 2 heterocycles. The maximum absolute atomic E-state index is 12.8. The maximum atomic E-state index is 12.8. The van der Waals surface area contributed by atoms with Gasteiger partial charge in [-0.3, -0.25) is 9.59 Å². The molecular formula is C15H27N3O2. The number of carbonyl (C=O) groups excluding carboxylic acids is 2. The summed E-state index contributed by atoms with van der Waals surface area (Å²) in [5.41, 5.74) is -0.321. The van der Waals surface area contributed by atoms with E-state index < -0.39 is 0 Å². The van der Waals surface area contributed by atoms with Crippen LogP contribution in [-0.2, 0) is 9.59 Å². The van der Waals surface area contributed by atoms with Crippen molar-refractivity contribution in [2.45, 2.75) is 46.1 Å². The van der Waals surface area contributed by atoms with Crippen molar-refractivity contribution in [3.63, 3.8) is 0 Å². The SMILES string of the molecule is CC(=O)NC1CCN(C(=O)C(C)(C)C2CCCNC2)C1. The number of likely N-dealkylation sites (tertiary alicyclic amines) is 1. The number of piperidine rings is 1. The van der Waals surface area contributed by atoms with Gasteiger partial charge in [-0.05, 0) is 38.3 Å². The van der Waals surface area contributed by atoms with Crippen molar-refractivity contribution < 1.29 is 9.59 Å². The third-order valence-corrected chi connectivity index (χ3v) is 4.75. The van der Waals surface area contributed by atoms with Crippen LogP contribution in [0.2, 0.25) is 0 Å². The lowest BCUT2D eigenvalue weighted by atomic mass is 9.74.